The summed E-state index contributed by atoms with van der Waals surface area (Å²) in [6.07, 6.45) is 3.42. The summed E-state index contributed by atoms with van der Waals surface area (Å²) in [5.41, 5.74) is 1.89. The number of benzene rings is 1. The summed E-state index contributed by atoms with van der Waals surface area (Å²) in [5.74, 6) is 0.734. The molecule has 0 radical (unpaired) electrons. The zero-order chi connectivity index (χ0) is 16.9. The summed E-state index contributed by atoms with van der Waals surface area (Å²) in [6.45, 7) is 5.86. The number of para-hydroxylation sites is 2. The zero-order valence-corrected chi connectivity index (χ0v) is 14.1. The number of nitrogens with one attached hydrogen (secondary N) is 3. The van der Waals surface area contributed by atoms with Crippen molar-refractivity contribution in [3.8, 4) is 0 Å². The number of carbonyl (C=O) groups is 1. The van der Waals surface area contributed by atoms with Gasteiger partial charge in [-0.05, 0) is 26.1 Å². The third-order valence-corrected chi connectivity index (χ3v) is 4.27. The minimum absolute atomic E-state index is 0.184. The van der Waals surface area contributed by atoms with Gasteiger partial charge in [-0.25, -0.2) is 9.78 Å². The number of amides is 2. The van der Waals surface area contributed by atoms with E-state index in [1.54, 1.807) is 12.4 Å². The van der Waals surface area contributed by atoms with Crippen LogP contribution in [0.2, 0.25) is 0 Å². The molecular weight excluding hydrogens is 304 g/mol. The smallest absolute Gasteiger partial charge is 0.319 e. The molecule has 1 aliphatic heterocycles. The van der Waals surface area contributed by atoms with Gasteiger partial charge in [0.1, 0.15) is 5.82 Å². The van der Waals surface area contributed by atoms with Crippen LogP contribution in [0.1, 0.15) is 18.8 Å². The van der Waals surface area contributed by atoms with E-state index in [4.69, 9.17) is 0 Å². The van der Waals surface area contributed by atoms with Crippen LogP contribution in [0.3, 0.4) is 0 Å². The lowest BCUT2D eigenvalue weighted by molar-refractivity contribution is 0.249. The van der Waals surface area contributed by atoms with Gasteiger partial charge in [0.05, 0.1) is 17.4 Å². The highest BCUT2D eigenvalue weighted by molar-refractivity contribution is 5.93. The molecular formula is C17H24N6O. The Morgan fingerprint density at radius 2 is 2.00 bits per heavy atom. The Morgan fingerprint density at radius 1 is 1.25 bits per heavy atom. The largest absolute Gasteiger partial charge is 0.367 e. The molecule has 0 bridgehead atoms. The van der Waals surface area contributed by atoms with E-state index in [0.29, 0.717) is 0 Å². The first kappa shape index (κ1) is 16.3. The van der Waals surface area contributed by atoms with E-state index >= 15 is 0 Å². The number of H-pyrrole nitrogens is 1. The van der Waals surface area contributed by atoms with E-state index in [1.165, 1.54) is 0 Å². The van der Waals surface area contributed by atoms with Gasteiger partial charge < -0.3 is 25.4 Å². The lowest BCUT2D eigenvalue weighted by Crippen LogP contribution is -2.44. The molecule has 3 rings (SSSR count). The highest BCUT2D eigenvalue weighted by Gasteiger charge is 2.18. The molecule has 0 spiro atoms. The third kappa shape index (κ3) is 3.86. The number of imidazole rings is 1. The van der Waals surface area contributed by atoms with Gasteiger partial charge in [-0.15, -0.1) is 0 Å². The van der Waals surface area contributed by atoms with Crippen LogP contribution in [0.25, 0.3) is 0 Å². The first-order valence-corrected chi connectivity index (χ1v) is 8.23. The maximum atomic E-state index is 12.3. The van der Waals surface area contributed by atoms with E-state index in [1.807, 2.05) is 25.1 Å². The fourth-order valence-corrected chi connectivity index (χ4v) is 2.84. The molecule has 7 heteroatoms. The summed E-state index contributed by atoms with van der Waals surface area (Å²) in [4.78, 5) is 24.1. The van der Waals surface area contributed by atoms with Crippen molar-refractivity contribution in [3.63, 3.8) is 0 Å². The van der Waals surface area contributed by atoms with Gasteiger partial charge in [-0.3, -0.25) is 0 Å². The van der Waals surface area contributed by atoms with E-state index < -0.39 is 0 Å². The number of rotatable bonds is 4. The van der Waals surface area contributed by atoms with Crippen LogP contribution in [0, 0.1) is 0 Å². The molecule has 0 aliphatic carbocycles. The standard InChI is InChI=1S/C17H24N6O/c1-13(16-18-7-8-19-16)20-17(24)21-14-5-3-4-6-15(14)23-11-9-22(2)10-12-23/h3-8,13H,9-12H2,1-2H3,(H,18,19)(H2,20,21,24)/t13-/m0/s1. The van der Waals surface area contributed by atoms with Gasteiger partial charge in [-0.1, -0.05) is 12.1 Å². The van der Waals surface area contributed by atoms with Crippen LogP contribution in [0.5, 0.6) is 0 Å². The van der Waals surface area contributed by atoms with E-state index in [-0.39, 0.29) is 12.1 Å². The third-order valence-electron chi connectivity index (χ3n) is 4.27. The number of urea groups is 1. The number of hydrogen-bond donors (Lipinski definition) is 3. The number of anilines is 2. The molecule has 0 saturated carbocycles. The normalized spacial score (nSPS) is 16.7. The van der Waals surface area contributed by atoms with Gasteiger partial charge >= 0.3 is 6.03 Å². The SMILES string of the molecule is C[C@H](NC(=O)Nc1ccccc1N1CCN(C)CC1)c1ncc[nH]1. The Hall–Kier alpha value is -2.54. The average Bonchev–Trinajstić information content (AvgIpc) is 3.11. The summed E-state index contributed by atoms with van der Waals surface area (Å²) < 4.78 is 0. The van der Waals surface area contributed by atoms with Crippen LogP contribution in [0.4, 0.5) is 16.2 Å². The first-order valence-electron chi connectivity index (χ1n) is 8.23. The predicted molar refractivity (Wildman–Crippen MR) is 95.3 cm³/mol. The maximum absolute atomic E-state index is 12.3. The second kappa shape index (κ2) is 7.35. The number of hydrogen-bond acceptors (Lipinski definition) is 4. The second-order valence-corrected chi connectivity index (χ2v) is 6.10. The number of nitrogens with zero attached hydrogens (tertiary/aromatic N) is 3. The minimum Gasteiger partial charge on any atom is -0.367 e. The zero-order valence-electron chi connectivity index (χ0n) is 14.1. The number of likely N-dealkylation sites (N-methyl/N-ethyl adjacent to an activating group) is 1. The van der Waals surface area contributed by atoms with Crippen molar-refractivity contribution in [2.45, 2.75) is 13.0 Å². The fraction of sp³-hybridized carbons (Fsp3) is 0.412. The van der Waals surface area contributed by atoms with Gasteiger partial charge in [0.25, 0.3) is 0 Å². The summed E-state index contributed by atoms with van der Waals surface area (Å²) in [7, 11) is 2.13. The molecule has 2 heterocycles. The Balaban J connectivity index is 1.65. The number of carbonyl (C=O) groups excluding carboxylic acids is 1. The van der Waals surface area contributed by atoms with Crippen LogP contribution in [-0.4, -0.2) is 54.1 Å². The van der Waals surface area contributed by atoms with E-state index in [9.17, 15) is 4.79 Å². The van der Waals surface area contributed by atoms with Gasteiger partial charge in [-0.2, -0.15) is 0 Å². The minimum atomic E-state index is -0.236. The predicted octanol–water partition coefficient (Wildman–Crippen LogP) is 2.04. The lowest BCUT2D eigenvalue weighted by Gasteiger charge is -2.35. The van der Waals surface area contributed by atoms with E-state index in [0.717, 1.165) is 43.4 Å². The second-order valence-electron chi connectivity index (χ2n) is 6.10. The average molecular weight is 328 g/mol. The summed E-state index contributed by atoms with van der Waals surface area (Å²) in [6, 6.07) is 7.51. The maximum Gasteiger partial charge on any atom is 0.319 e. The Labute approximate surface area is 142 Å². The highest BCUT2D eigenvalue weighted by atomic mass is 16.2. The molecule has 7 nitrogen and oxygen atoms in total. The molecule has 1 atom stereocenters. The summed E-state index contributed by atoms with van der Waals surface area (Å²) in [5, 5.41) is 5.86. The van der Waals surface area contributed by atoms with Crippen molar-refractivity contribution in [3.05, 3.63) is 42.5 Å². The van der Waals surface area contributed by atoms with E-state index in [2.05, 4.69) is 43.5 Å². The number of aromatic nitrogens is 2. The Morgan fingerprint density at radius 3 is 2.71 bits per heavy atom. The molecule has 1 aromatic heterocycles. The topological polar surface area (TPSA) is 76.3 Å². The molecule has 1 aromatic carbocycles. The van der Waals surface area contributed by atoms with Crippen LogP contribution >= 0.6 is 0 Å². The van der Waals surface area contributed by atoms with Gasteiger partial charge in [0.2, 0.25) is 0 Å². The lowest BCUT2D eigenvalue weighted by atomic mass is 10.2. The quantitative estimate of drug-likeness (QED) is 0.803. The molecule has 1 saturated heterocycles. The number of aromatic amines is 1. The molecule has 1 aliphatic rings. The van der Waals surface area contributed by atoms with Crippen molar-refractivity contribution in [1.82, 2.24) is 20.2 Å². The molecule has 0 unspecified atom stereocenters. The van der Waals surface area contributed by atoms with Crippen molar-refractivity contribution >= 4 is 17.4 Å². The molecule has 2 aromatic rings. The summed E-state index contributed by atoms with van der Waals surface area (Å²) >= 11 is 0. The molecule has 1 fully saturated rings. The highest BCUT2D eigenvalue weighted by Crippen LogP contribution is 2.26. The molecule has 3 N–H and O–H groups in total. The number of piperazine rings is 1. The van der Waals surface area contributed by atoms with Gasteiger partial charge in [0, 0.05) is 38.6 Å². The first-order chi connectivity index (χ1) is 11.6. The van der Waals surface area contributed by atoms with Crippen LogP contribution in [-0.2, 0) is 0 Å². The molecule has 2 amide bonds. The van der Waals surface area contributed by atoms with Gasteiger partial charge in [0.15, 0.2) is 0 Å². The molecule has 24 heavy (non-hydrogen) atoms. The Bertz CT molecular complexity index is 663. The van der Waals surface area contributed by atoms with Crippen LogP contribution in [0.15, 0.2) is 36.7 Å². The van der Waals surface area contributed by atoms with Crippen molar-refractivity contribution < 1.29 is 4.79 Å². The van der Waals surface area contributed by atoms with Crippen molar-refractivity contribution in [1.29, 1.82) is 0 Å². The monoisotopic (exact) mass is 328 g/mol. The fourth-order valence-electron chi connectivity index (χ4n) is 2.84. The Kier molecular flexibility index (Phi) is 5.00. The van der Waals surface area contributed by atoms with Crippen molar-refractivity contribution in [2.24, 2.45) is 0 Å². The van der Waals surface area contributed by atoms with Crippen LogP contribution < -0.4 is 15.5 Å². The molecule has 128 valence electrons. The van der Waals surface area contributed by atoms with Crippen molar-refractivity contribution in [2.75, 3.05) is 43.4 Å².